The predicted molar refractivity (Wildman–Crippen MR) is 99.0 cm³/mol. The third kappa shape index (κ3) is 4.45. The van der Waals surface area contributed by atoms with Crippen LogP contribution in [0.2, 0.25) is 0 Å². The van der Waals surface area contributed by atoms with Crippen LogP contribution in [0.1, 0.15) is 58.1 Å². The molecule has 0 aliphatic heterocycles. The van der Waals surface area contributed by atoms with Gasteiger partial charge < -0.3 is 5.73 Å². The molecule has 0 aliphatic carbocycles. The molecular formula is C21H31N. The molecular weight excluding hydrogens is 266 g/mol. The maximum atomic E-state index is 5.83. The fourth-order valence-corrected chi connectivity index (χ4v) is 2.98. The third-order valence-electron chi connectivity index (χ3n) is 4.13. The monoisotopic (exact) mass is 297 g/mol. The lowest BCUT2D eigenvalue weighted by Gasteiger charge is -2.20. The van der Waals surface area contributed by atoms with Gasteiger partial charge in [0.25, 0.3) is 0 Å². The maximum Gasteiger partial charge on any atom is 0.0184 e. The Labute approximate surface area is 136 Å². The average molecular weight is 297 g/mol. The highest BCUT2D eigenvalue weighted by atomic mass is 14.5. The summed E-state index contributed by atoms with van der Waals surface area (Å²) in [4.78, 5) is 0. The Bertz CT molecular complexity index is 540. The van der Waals surface area contributed by atoms with E-state index in [2.05, 4.69) is 63.2 Å². The first-order valence-corrected chi connectivity index (χ1v) is 8.55. The molecule has 2 N–H and O–H groups in total. The van der Waals surface area contributed by atoms with Crippen molar-refractivity contribution in [2.75, 3.05) is 0 Å². The molecule has 0 amide bonds. The number of nitrogens with two attached hydrogens (primary N) is 1. The summed E-state index contributed by atoms with van der Waals surface area (Å²) < 4.78 is 0. The quantitative estimate of drug-likeness (QED) is 0.721. The Kier molecular flexibility index (Phi) is 7.90. The van der Waals surface area contributed by atoms with Gasteiger partial charge in [-0.05, 0) is 40.5 Å². The molecule has 2 aromatic carbocycles. The van der Waals surface area contributed by atoms with Gasteiger partial charge in [-0.25, -0.2) is 0 Å². The minimum atomic E-state index is 0.585. The molecule has 2 rings (SSSR count). The smallest absolute Gasteiger partial charge is 0.0184 e. The number of hydrogen-bond acceptors (Lipinski definition) is 1. The summed E-state index contributed by atoms with van der Waals surface area (Å²) in [5.74, 6) is 1.33. The molecule has 0 saturated heterocycles. The molecule has 0 heterocycles. The molecule has 22 heavy (non-hydrogen) atoms. The molecule has 0 fully saturated rings. The molecule has 0 radical (unpaired) electrons. The molecule has 1 unspecified atom stereocenters. The standard InChI is InChI=1S/C19H25N.C2H6/c1-4-18(14(2)3)15-9-11-16(12-10-15)19-8-6-5-7-17(19)13-20;1-2/h5-12,14,18H,4,13,20H2,1-3H3;1-2H3. The second kappa shape index (κ2) is 9.42. The first kappa shape index (κ1) is 18.4. The van der Waals surface area contributed by atoms with Gasteiger partial charge in [-0.15, -0.1) is 0 Å². The highest BCUT2D eigenvalue weighted by molar-refractivity contribution is 5.67. The summed E-state index contributed by atoms with van der Waals surface area (Å²) in [5.41, 5.74) is 11.0. The van der Waals surface area contributed by atoms with E-state index in [-0.39, 0.29) is 0 Å². The zero-order chi connectivity index (χ0) is 16.5. The van der Waals surface area contributed by atoms with Crippen LogP contribution in [0.15, 0.2) is 48.5 Å². The largest absolute Gasteiger partial charge is 0.326 e. The molecule has 0 bridgehead atoms. The van der Waals surface area contributed by atoms with Crippen LogP contribution >= 0.6 is 0 Å². The SMILES string of the molecule is CC.CCC(c1ccc(-c2ccccc2CN)cc1)C(C)C. The highest BCUT2D eigenvalue weighted by Crippen LogP contribution is 2.30. The Hall–Kier alpha value is -1.60. The van der Waals surface area contributed by atoms with Gasteiger partial charge in [-0.2, -0.15) is 0 Å². The Morgan fingerprint density at radius 2 is 1.50 bits per heavy atom. The van der Waals surface area contributed by atoms with Crippen LogP contribution in [0.3, 0.4) is 0 Å². The first-order valence-electron chi connectivity index (χ1n) is 8.55. The zero-order valence-electron chi connectivity index (χ0n) is 14.8. The molecule has 0 spiro atoms. The second-order valence-corrected chi connectivity index (χ2v) is 5.74. The molecule has 1 atom stereocenters. The summed E-state index contributed by atoms with van der Waals surface area (Å²) in [6.07, 6.45) is 1.19. The Morgan fingerprint density at radius 1 is 0.909 bits per heavy atom. The summed E-state index contributed by atoms with van der Waals surface area (Å²) >= 11 is 0. The summed E-state index contributed by atoms with van der Waals surface area (Å²) in [7, 11) is 0. The van der Waals surface area contributed by atoms with Crippen molar-refractivity contribution in [3.63, 3.8) is 0 Å². The van der Waals surface area contributed by atoms with E-state index in [4.69, 9.17) is 5.73 Å². The van der Waals surface area contributed by atoms with Crippen LogP contribution in [0.4, 0.5) is 0 Å². The molecule has 1 nitrogen and oxygen atoms in total. The normalized spacial score (nSPS) is 11.8. The van der Waals surface area contributed by atoms with Crippen molar-refractivity contribution in [1.29, 1.82) is 0 Å². The van der Waals surface area contributed by atoms with Crippen molar-refractivity contribution in [2.24, 2.45) is 11.7 Å². The molecule has 1 heteroatoms. The van der Waals surface area contributed by atoms with E-state index in [0.717, 1.165) is 0 Å². The maximum absolute atomic E-state index is 5.83. The van der Waals surface area contributed by atoms with Crippen molar-refractivity contribution in [1.82, 2.24) is 0 Å². The van der Waals surface area contributed by atoms with E-state index in [1.54, 1.807) is 0 Å². The molecule has 0 saturated carbocycles. The van der Waals surface area contributed by atoms with E-state index in [1.807, 2.05) is 19.9 Å². The molecule has 0 aliphatic rings. The lowest BCUT2D eigenvalue weighted by molar-refractivity contribution is 0.485. The zero-order valence-corrected chi connectivity index (χ0v) is 14.8. The van der Waals surface area contributed by atoms with Crippen molar-refractivity contribution in [3.8, 4) is 11.1 Å². The van der Waals surface area contributed by atoms with E-state index < -0.39 is 0 Å². The third-order valence-corrected chi connectivity index (χ3v) is 4.13. The van der Waals surface area contributed by atoms with Crippen LogP contribution in [-0.2, 0) is 6.54 Å². The van der Waals surface area contributed by atoms with Crippen LogP contribution in [0, 0.1) is 5.92 Å². The van der Waals surface area contributed by atoms with Gasteiger partial charge in [0.05, 0.1) is 0 Å². The average Bonchev–Trinajstić information content (AvgIpc) is 2.57. The van der Waals surface area contributed by atoms with Crippen molar-refractivity contribution in [3.05, 3.63) is 59.7 Å². The van der Waals surface area contributed by atoms with Crippen molar-refractivity contribution >= 4 is 0 Å². The predicted octanol–water partition coefficient (Wildman–Crippen LogP) is 5.99. The fourth-order valence-electron chi connectivity index (χ4n) is 2.98. The van der Waals surface area contributed by atoms with Gasteiger partial charge in [0, 0.05) is 6.54 Å². The molecule has 0 aromatic heterocycles. The van der Waals surface area contributed by atoms with E-state index in [9.17, 15) is 0 Å². The van der Waals surface area contributed by atoms with Crippen LogP contribution in [0.25, 0.3) is 11.1 Å². The second-order valence-electron chi connectivity index (χ2n) is 5.74. The van der Waals surface area contributed by atoms with Gasteiger partial charge >= 0.3 is 0 Å². The van der Waals surface area contributed by atoms with Crippen molar-refractivity contribution in [2.45, 2.75) is 53.5 Å². The number of rotatable bonds is 5. The van der Waals surface area contributed by atoms with Gasteiger partial charge in [0.1, 0.15) is 0 Å². The molecule has 2 aromatic rings. The summed E-state index contributed by atoms with van der Waals surface area (Å²) in [6.45, 7) is 11.4. The molecule has 120 valence electrons. The lowest BCUT2D eigenvalue weighted by atomic mass is 9.85. The van der Waals surface area contributed by atoms with E-state index in [1.165, 1.54) is 28.7 Å². The summed E-state index contributed by atoms with van der Waals surface area (Å²) in [6, 6.07) is 17.4. The minimum absolute atomic E-state index is 0.585. The van der Waals surface area contributed by atoms with Crippen LogP contribution in [0.5, 0.6) is 0 Å². The highest BCUT2D eigenvalue weighted by Gasteiger charge is 2.13. The van der Waals surface area contributed by atoms with Gasteiger partial charge in [0.2, 0.25) is 0 Å². The van der Waals surface area contributed by atoms with E-state index >= 15 is 0 Å². The van der Waals surface area contributed by atoms with Gasteiger partial charge in [0.15, 0.2) is 0 Å². The fraction of sp³-hybridized carbons (Fsp3) is 0.429. The minimum Gasteiger partial charge on any atom is -0.326 e. The lowest BCUT2D eigenvalue weighted by Crippen LogP contribution is -2.05. The Morgan fingerprint density at radius 3 is 2.00 bits per heavy atom. The Balaban J connectivity index is 0.00000116. The van der Waals surface area contributed by atoms with Gasteiger partial charge in [-0.3, -0.25) is 0 Å². The van der Waals surface area contributed by atoms with Crippen LogP contribution < -0.4 is 5.73 Å². The van der Waals surface area contributed by atoms with Crippen LogP contribution in [-0.4, -0.2) is 0 Å². The van der Waals surface area contributed by atoms with E-state index in [0.29, 0.717) is 18.4 Å². The summed E-state index contributed by atoms with van der Waals surface area (Å²) in [5, 5.41) is 0. The van der Waals surface area contributed by atoms with Crippen molar-refractivity contribution < 1.29 is 0 Å². The number of hydrogen-bond donors (Lipinski definition) is 1. The topological polar surface area (TPSA) is 26.0 Å². The first-order chi connectivity index (χ1) is 10.7. The van der Waals surface area contributed by atoms with Gasteiger partial charge in [-0.1, -0.05) is 83.1 Å². The number of benzene rings is 2.